The second kappa shape index (κ2) is 18.1. The molecule has 1 heterocycles. The second-order valence-electron chi connectivity index (χ2n) is 21.8. The molecule has 72 heavy (non-hydrogen) atoms. The van der Waals surface area contributed by atoms with E-state index in [4.69, 9.17) is 0 Å². The molecule has 2 aliphatic rings. The first-order valence-electron chi connectivity index (χ1n) is 25.9. The zero-order valence-electron chi connectivity index (χ0n) is 42.5. The van der Waals surface area contributed by atoms with Crippen LogP contribution in [-0.2, 0) is 17.3 Å². The van der Waals surface area contributed by atoms with Crippen LogP contribution in [0.1, 0.15) is 73.9 Å². The van der Waals surface area contributed by atoms with Gasteiger partial charge in [0.25, 0.3) is 0 Å². The van der Waals surface area contributed by atoms with Gasteiger partial charge in [-0.25, -0.2) is 0 Å². The van der Waals surface area contributed by atoms with Crippen LogP contribution in [0.4, 0.5) is 28.4 Å². The van der Waals surface area contributed by atoms with Gasteiger partial charge in [-0.1, -0.05) is 197 Å². The summed E-state index contributed by atoms with van der Waals surface area (Å²) in [5.41, 5.74) is 26.8. The van der Waals surface area contributed by atoms with Crippen LogP contribution in [0, 0.1) is 13.8 Å². The number of nitrogens with zero attached hydrogens (tertiary/aromatic N) is 1. The van der Waals surface area contributed by atoms with Crippen molar-refractivity contribution in [2.75, 3.05) is 10.2 Å². The number of benzene rings is 10. The predicted molar refractivity (Wildman–Crippen MR) is 311 cm³/mol. The largest absolute Gasteiger partial charge is 0.355 e. The van der Waals surface area contributed by atoms with Crippen molar-refractivity contribution in [1.82, 2.24) is 0 Å². The van der Waals surface area contributed by atoms with Gasteiger partial charge < -0.3 is 10.2 Å². The number of aryl methyl sites for hydroxylation is 2. The molecule has 10 aromatic carbocycles. The van der Waals surface area contributed by atoms with E-state index in [2.05, 4.69) is 264 Å². The van der Waals surface area contributed by atoms with Gasteiger partial charge in [0.05, 0.1) is 0 Å². The van der Waals surface area contributed by atoms with Crippen molar-refractivity contribution >= 4 is 57.4 Å². The van der Waals surface area contributed by atoms with Gasteiger partial charge in [-0.05, 0) is 181 Å². The monoisotopic (exact) mass is 928 g/mol. The fourth-order valence-corrected chi connectivity index (χ4v) is 11.8. The molecule has 1 aliphatic heterocycles. The fourth-order valence-electron chi connectivity index (χ4n) is 11.8. The van der Waals surface area contributed by atoms with Gasteiger partial charge in [-0.15, -0.1) is 0 Å². The van der Waals surface area contributed by atoms with Gasteiger partial charge in [-0.2, -0.15) is 0 Å². The van der Waals surface area contributed by atoms with Crippen LogP contribution in [0.3, 0.4) is 0 Å². The summed E-state index contributed by atoms with van der Waals surface area (Å²) in [4.78, 5) is 2.60. The average Bonchev–Trinajstić information content (AvgIpc) is 3.40. The molecule has 2 nitrogen and oxygen atoms in total. The van der Waals surface area contributed by atoms with Crippen molar-refractivity contribution in [1.29, 1.82) is 0 Å². The highest BCUT2D eigenvalue weighted by Crippen LogP contribution is 2.48. The molecule has 3 heteroatoms. The van der Waals surface area contributed by atoms with Crippen LogP contribution in [0.15, 0.2) is 212 Å². The normalized spacial score (nSPS) is 14.2. The summed E-state index contributed by atoms with van der Waals surface area (Å²) >= 11 is 0. The minimum absolute atomic E-state index is 0.147. The van der Waals surface area contributed by atoms with Crippen LogP contribution < -0.4 is 21.1 Å². The minimum atomic E-state index is 0.147. The maximum absolute atomic E-state index is 3.95. The third-order valence-corrected chi connectivity index (χ3v) is 16.1. The van der Waals surface area contributed by atoms with E-state index in [0.29, 0.717) is 0 Å². The van der Waals surface area contributed by atoms with Crippen molar-refractivity contribution in [2.24, 2.45) is 0 Å². The number of fused-ring (bicyclic) bond motifs is 4. The van der Waals surface area contributed by atoms with E-state index < -0.39 is 0 Å². The van der Waals surface area contributed by atoms with E-state index in [1.165, 1.54) is 129 Å². The Bertz CT molecular complexity index is 3670. The summed E-state index contributed by atoms with van der Waals surface area (Å²) in [7, 11) is 0.794. The standard InChI is InChI=1S/C69H61BN2/c1-45-39-59-60(69(5,6)37-36-68(59,3)4)43-54(45)40-47-26-33-61-64(41-47)72(63-35-30-53(38-46(63)2)49-20-12-8-13-21-49)65-44-55(50-22-14-9-15-23-50)42-58(67(65)70-61)66-57-25-17-16-24-52(57)29-34-62(66)71-56-31-27-51(28-32-56)48-18-10-7-11-19-48/h7-35,38-39,41-44,70-71H,36-37,40H2,1-6H3. The Morgan fingerprint density at radius 3 is 1.75 bits per heavy atom. The third-order valence-electron chi connectivity index (χ3n) is 16.1. The van der Waals surface area contributed by atoms with E-state index in [0.717, 1.165) is 25.1 Å². The van der Waals surface area contributed by atoms with Crippen LogP contribution in [0.2, 0.25) is 0 Å². The summed E-state index contributed by atoms with van der Waals surface area (Å²) in [6.07, 6.45) is 3.30. The van der Waals surface area contributed by atoms with E-state index in [1.807, 2.05) is 0 Å². The zero-order valence-corrected chi connectivity index (χ0v) is 42.5. The average molecular weight is 929 g/mol. The highest BCUT2D eigenvalue weighted by molar-refractivity contribution is 6.73. The lowest BCUT2D eigenvalue weighted by Crippen LogP contribution is -2.41. The molecule has 1 aliphatic carbocycles. The number of anilines is 5. The molecule has 0 unspecified atom stereocenters. The SMILES string of the molecule is Cc1cc2c(cc1Cc1ccc3c(c1)N(c1ccc(-c4ccccc4)cc1C)c1cc(-c4ccccc4)cc(-c4c(Nc5ccc(-c6ccccc6)cc5)ccc5ccccc45)c1B3)C(C)(C)CCC2(C)C. The number of nitrogens with one attached hydrogen (secondary N) is 1. The lowest BCUT2D eigenvalue weighted by Gasteiger charge is -2.42. The fraction of sp³-hybridized carbons (Fsp3) is 0.159. The molecule has 0 fully saturated rings. The summed E-state index contributed by atoms with van der Waals surface area (Å²) in [5, 5.41) is 6.39. The topological polar surface area (TPSA) is 15.3 Å². The number of hydrogen-bond donors (Lipinski definition) is 1. The first-order chi connectivity index (χ1) is 35.0. The molecule has 0 spiro atoms. The molecule has 10 aromatic rings. The molecule has 1 N–H and O–H groups in total. The Morgan fingerprint density at radius 2 is 1.07 bits per heavy atom. The maximum atomic E-state index is 3.95. The van der Waals surface area contributed by atoms with E-state index in [9.17, 15) is 0 Å². The summed E-state index contributed by atoms with van der Waals surface area (Å²) < 4.78 is 0. The van der Waals surface area contributed by atoms with Gasteiger partial charge in [0.15, 0.2) is 7.28 Å². The Morgan fingerprint density at radius 1 is 0.472 bits per heavy atom. The summed E-state index contributed by atoms with van der Waals surface area (Å²) in [6, 6.07) is 79.1. The molecule has 350 valence electrons. The molecule has 0 saturated carbocycles. The molecule has 0 amide bonds. The maximum Gasteiger partial charge on any atom is 0.198 e. The molecular formula is C69H61BN2. The van der Waals surface area contributed by atoms with E-state index in [1.54, 1.807) is 0 Å². The zero-order chi connectivity index (χ0) is 49.1. The predicted octanol–water partition coefficient (Wildman–Crippen LogP) is 17.0. The van der Waals surface area contributed by atoms with Crippen LogP contribution >= 0.6 is 0 Å². The Hall–Kier alpha value is -7.88. The van der Waals surface area contributed by atoms with Crippen molar-refractivity contribution < 1.29 is 0 Å². The van der Waals surface area contributed by atoms with E-state index in [-0.39, 0.29) is 10.8 Å². The van der Waals surface area contributed by atoms with Crippen molar-refractivity contribution in [3.05, 3.63) is 246 Å². The lowest BCUT2D eigenvalue weighted by molar-refractivity contribution is 0.331. The van der Waals surface area contributed by atoms with Gasteiger partial charge in [0.1, 0.15) is 0 Å². The van der Waals surface area contributed by atoms with Crippen LogP contribution in [0.5, 0.6) is 0 Å². The molecule has 0 aromatic heterocycles. The highest BCUT2D eigenvalue weighted by atomic mass is 15.2. The summed E-state index contributed by atoms with van der Waals surface area (Å²) in [5.74, 6) is 0. The Balaban J connectivity index is 1.05. The molecule has 12 rings (SSSR count). The van der Waals surface area contributed by atoms with Crippen molar-refractivity contribution in [3.63, 3.8) is 0 Å². The highest BCUT2D eigenvalue weighted by Gasteiger charge is 2.38. The Kier molecular flexibility index (Phi) is 11.4. The molecule has 0 atom stereocenters. The molecule has 0 radical (unpaired) electrons. The third kappa shape index (κ3) is 8.31. The van der Waals surface area contributed by atoms with Gasteiger partial charge in [0, 0.05) is 34.0 Å². The van der Waals surface area contributed by atoms with Gasteiger partial charge in [-0.3, -0.25) is 0 Å². The lowest BCUT2D eigenvalue weighted by atomic mass is 9.57. The van der Waals surface area contributed by atoms with Gasteiger partial charge in [0.2, 0.25) is 0 Å². The van der Waals surface area contributed by atoms with Gasteiger partial charge >= 0.3 is 0 Å². The second-order valence-corrected chi connectivity index (χ2v) is 21.8. The quantitative estimate of drug-likeness (QED) is 0.145. The van der Waals surface area contributed by atoms with E-state index >= 15 is 0 Å². The first kappa shape index (κ1) is 45.3. The van der Waals surface area contributed by atoms with Crippen molar-refractivity contribution in [3.8, 4) is 44.5 Å². The Labute approximate surface area is 427 Å². The van der Waals surface area contributed by atoms with Crippen LogP contribution in [-0.4, -0.2) is 7.28 Å². The summed E-state index contributed by atoms with van der Waals surface area (Å²) in [6.45, 7) is 14.4. The smallest absolute Gasteiger partial charge is 0.198 e. The van der Waals surface area contributed by atoms with Crippen molar-refractivity contribution in [2.45, 2.75) is 71.6 Å². The van der Waals surface area contributed by atoms with Crippen LogP contribution in [0.25, 0.3) is 55.3 Å². The number of rotatable bonds is 9. The molecule has 0 saturated heterocycles. The first-order valence-corrected chi connectivity index (χ1v) is 25.9. The minimum Gasteiger partial charge on any atom is -0.355 e. The molecular weight excluding hydrogens is 868 g/mol. The molecule has 0 bridgehead atoms. The number of hydrogen-bond acceptors (Lipinski definition) is 2.